The molecule has 0 aliphatic carbocycles. The molecule has 9 aromatic carbocycles. The SMILES string of the molecule is c1ccc(-c2ccccc2-c2ccccc2-n2c3ccccc3c3cc(-c4ccc5c(c4)c4ccccc4n5-c4ccc5ccccc5c4)ccc32)cc1. The van der Waals surface area contributed by atoms with E-state index in [4.69, 9.17) is 0 Å². The summed E-state index contributed by atoms with van der Waals surface area (Å²) in [5.74, 6) is 0. The Morgan fingerprint density at radius 1 is 0.259 bits per heavy atom. The van der Waals surface area contributed by atoms with E-state index in [-0.39, 0.29) is 0 Å². The number of aromatic nitrogens is 2. The molecule has 11 aromatic rings. The Hall–Kier alpha value is -7.16. The van der Waals surface area contributed by atoms with E-state index < -0.39 is 0 Å². The molecule has 0 spiro atoms. The van der Waals surface area contributed by atoms with Crippen molar-refractivity contribution in [2.45, 2.75) is 0 Å². The molecule has 252 valence electrons. The Bertz CT molecular complexity index is 3220. The Morgan fingerprint density at radius 3 is 1.50 bits per heavy atom. The van der Waals surface area contributed by atoms with Crippen molar-refractivity contribution in [3.63, 3.8) is 0 Å². The fraction of sp³-hybridized carbons (Fsp3) is 0. The van der Waals surface area contributed by atoms with Crippen LogP contribution in [-0.2, 0) is 0 Å². The maximum Gasteiger partial charge on any atom is 0.0541 e. The number of para-hydroxylation sites is 3. The monoisotopic (exact) mass is 686 g/mol. The summed E-state index contributed by atoms with van der Waals surface area (Å²) in [6.07, 6.45) is 0. The van der Waals surface area contributed by atoms with E-state index in [0.29, 0.717) is 0 Å². The summed E-state index contributed by atoms with van der Waals surface area (Å²) in [6.45, 7) is 0. The van der Waals surface area contributed by atoms with Crippen LogP contribution >= 0.6 is 0 Å². The van der Waals surface area contributed by atoms with Crippen LogP contribution in [0.15, 0.2) is 206 Å². The second kappa shape index (κ2) is 12.2. The van der Waals surface area contributed by atoms with Crippen LogP contribution in [0.5, 0.6) is 0 Å². The molecule has 11 rings (SSSR count). The van der Waals surface area contributed by atoms with Crippen LogP contribution in [-0.4, -0.2) is 9.13 Å². The minimum absolute atomic E-state index is 1.17. The van der Waals surface area contributed by atoms with Crippen molar-refractivity contribution >= 4 is 54.4 Å². The highest BCUT2D eigenvalue weighted by molar-refractivity contribution is 6.13. The second-order valence-corrected chi connectivity index (χ2v) is 14.1. The highest BCUT2D eigenvalue weighted by atomic mass is 15.0. The number of benzene rings is 9. The first-order valence-electron chi connectivity index (χ1n) is 18.6. The zero-order valence-electron chi connectivity index (χ0n) is 29.5. The number of fused-ring (bicyclic) bond motifs is 7. The molecular weight excluding hydrogens is 653 g/mol. The van der Waals surface area contributed by atoms with Crippen molar-refractivity contribution in [2.24, 2.45) is 0 Å². The first-order valence-corrected chi connectivity index (χ1v) is 18.6. The van der Waals surface area contributed by atoms with Crippen LogP contribution < -0.4 is 0 Å². The Morgan fingerprint density at radius 2 is 0.778 bits per heavy atom. The molecule has 54 heavy (non-hydrogen) atoms. The van der Waals surface area contributed by atoms with Crippen LogP contribution in [0.25, 0.3) is 99.1 Å². The van der Waals surface area contributed by atoms with E-state index in [0.717, 1.165) is 0 Å². The Kier molecular flexibility index (Phi) is 6.90. The van der Waals surface area contributed by atoms with Gasteiger partial charge < -0.3 is 9.13 Å². The van der Waals surface area contributed by atoms with E-state index >= 15 is 0 Å². The summed E-state index contributed by atoms with van der Waals surface area (Å²) < 4.78 is 4.86. The second-order valence-electron chi connectivity index (χ2n) is 14.1. The van der Waals surface area contributed by atoms with Crippen LogP contribution in [0.3, 0.4) is 0 Å². The van der Waals surface area contributed by atoms with Gasteiger partial charge in [0.1, 0.15) is 0 Å². The summed E-state index contributed by atoms with van der Waals surface area (Å²) in [5.41, 5.74) is 14.4. The third-order valence-corrected chi connectivity index (χ3v) is 11.1. The third kappa shape index (κ3) is 4.74. The topological polar surface area (TPSA) is 9.86 Å². The van der Waals surface area contributed by atoms with E-state index in [1.165, 1.54) is 99.1 Å². The van der Waals surface area contributed by atoms with Gasteiger partial charge in [0.2, 0.25) is 0 Å². The van der Waals surface area contributed by atoms with Gasteiger partial charge in [-0.1, -0.05) is 152 Å². The van der Waals surface area contributed by atoms with Crippen LogP contribution in [0.2, 0.25) is 0 Å². The lowest BCUT2D eigenvalue weighted by atomic mass is 9.93. The van der Waals surface area contributed by atoms with Crippen molar-refractivity contribution < 1.29 is 0 Å². The molecule has 0 atom stereocenters. The molecule has 0 aliphatic heterocycles. The first kappa shape index (κ1) is 30.5. The number of nitrogens with zero attached hydrogens (tertiary/aromatic N) is 2. The van der Waals surface area contributed by atoms with Crippen LogP contribution in [0.4, 0.5) is 0 Å². The molecule has 0 saturated heterocycles. The van der Waals surface area contributed by atoms with Crippen LogP contribution in [0.1, 0.15) is 0 Å². The lowest BCUT2D eigenvalue weighted by Gasteiger charge is -2.17. The third-order valence-electron chi connectivity index (χ3n) is 11.1. The van der Waals surface area contributed by atoms with Gasteiger partial charge in [0.15, 0.2) is 0 Å². The number of hydrogen-bond acceptors (Lipinski definition) is 0. The normalized spacial score (nSPS) is 11.7. The summed E-state index contributed by atoms with van der Waals surface area (Å²) in [5, 5.41) is 7.49. The van der Waals surface area contributed by atoms with Crippen molar-refractivity contribution in [3.8, 4) is 44.8 Å². The minimum atomic E-state index is 1.17. The average molecular weight is 687 g/mol. The van der Waals surface area contributed by atoms with E-state index in [2.05, 4.69) is 215 Å². The fourth-order valence-corrected chi connectivity index (χ4v) is 8.64. The summed E-state index contributed by atoms with van der Waals surface area (Å²) in [6, 6.07) is 75.2. The molecule has 0 aliphatic rings. The highest BCUT2D eigenvalue weighted by Crippen LogP contribution is 2.41. The van der Waals surface area contributed by atoms with E-state index in [1.54, 1.807) is 0 Å². The fourth-order valence-electron chi connectivity index (χ4n) is 8.64. The van der Waals surface area contributed by atoms with Gasteiger partial charge in [0.05, 0.1) is 27.8 Å². The van der Waals surface area contributed by atoms with E-state index in [1.807, 2.05) is 0 Å². The maximum absolute atomic E-state index is 2.45. The standard InChI is InChI=1S/C52H34N2/c1-2-15-36(16-3-1)41-18-6-7-19-42(41)43-20-8-12-24-49(43)54-50-25-13-10-22-45(50)47-34-39(28-31-52(47)54)38-27-30-51-46(33-38)44-21-9-11-23-48(44)53(51)40-29-26-35-14-4-5-17-37(35)32-40/h1-34H. The largest absolute Gasteiger partial charge is 0.309 e. The average Bonchev–Trinajstić information content (AvgIpc) is 3.76. The molecule has 0 fully saturated rings. The van der Waals surface area contributed by atoms with E-state index in [9.17, 15) is 0 Å². The van der Waals surface area contributed by atoms with Gasteiger partial charge in [-0.25, -0.2) is 0 Å². The van der Waals surface area contributed by atoms with Gasteiger partial charge in [-0.05, 0) is 93.2 Å². The summed E-state index contributed by atoms with van der Waals surface area (Å²) in [7, 11) is 0. The summed E-state index contributed by atoms with van der Waals surface area (Å²) in [4.78, 5) is 0. The van der Waals surface area contributed by atoms with Crippen molar-refractivity contribution in [1.82, 2.24) is 9.13 Å². The molecule has 0 saturated carbocycles. The molecule has 2 nitrogen and oxygen atoms in total. The van der Waals surface area contributed by atoms with Gasteiger partial charge in [-0.3, -0.25) is 0 Å². The molecule has 0 unspecified atom stereocenters. The number of hydrogen-bond donors (Lipinski definition) is 0. The first-order chi connectivity index (χ1) is 26.8. The molecule has 2 heterocycles. The maximum atomic E-state index is 2.45. The van der Waals surface area contributed by atoms with Crippen molar-refractivity contribution in [2.75, 3.05) is 0 Å². The molecule has 0 bridgehead atoms. The van der Waals surface area contributed by atoms with Gasteiger partial charge in [-0.15, -0.1) is 0 Å². The molecule has 2 aromatic heterocycles. The van der Waals surface area contributed by atoms with Gasteiger partial charge in [0, 0.05) is 32.8 Å². The lowest BCUT2D eigenvalue weighted by molar-refractivity contribution is 1.18. The quantitative estimate of drug-likeness (QED) is 0.171. The highest BCUT2D eigenvalue weighted by Gasteiger charge is 2.19. The predicted molar refractivity (Wildman–Crippen MR) is 229 cm³/mol. The van der Waals surface area contributed by atoms with Crippen molar-refractivity contribution in [3.05, 3.63) is 206 Å². The molecular formula is C52H34N2. The minimum Gasteiger partial charge on any atom is -0.309 e. The van der Waals surface area contributed by atoms with Gasteiger partial charge in [0.25, 0.3) is 0 Å². The molecule has 2 heteroatoms. The smallest absolute Gasteiger partial charge is 0.0541 e. The zero-order chi connectivity index (χ0) is 35.6. The van der Waals surface area contributed by atoms with Crippen LogP contribution in [0, 0.1) is 0 Å². The molecule has 0 amide bonds. The zero-order valence-corrected chi connectivity index (χ0v) is 29.5. The molecule has 0 radical (unpaired) electrons. The Balaban J connectivity index is 1.08. The van der Waals surface area contributed by atoms with Gasteiger partial charge >= 0.3 is 0 Å². The Labute approximate surface area is 313 Å². The molecule has 0 N–H and O–H groups in total. The lowest BCUT2D eigenvalue weighted by Crippen LogP contribution is -1.98. The number of rotatable bonds is 5. The predicted octanol–water partition coefficient (Wildman–Crippen LogP) is 14.0. The van der Waals surface area contributed by atoms with Crippen molar-refractivity contribution in [1.29, 1.82) is 0 Å². The summed E-state index contributed by atoms with van der Waals surface area (Å²) >= 11 is 0. The van der Waals surface area contributed by atoms with Gasteiger partial charge in [-0.2, -0.15) is 0 Å².